The number of aliphatic carboxylic acids is 1. The first kappa shape index (κ1) is 11.5. The molecule has 0 amide bonds. The third kappa shape index (κ3) is 2.99. The van der Waals surface area contributed by atoms with Crippen molar-refractivity contribution in [3.05, 3.63) is 15.9 Å². The number of hydrogen-bond donors (Lipinski definition) is 1. The molecule has 1 heterocycles. The van der Waals surface area contributed by atoms with Gasteiger partial charge >= 0.3 is 5.97 Å². The van der Waals surface area contributed by atoms with E-state index in [9.17, 15) is 4.79 Å². The van der Waals surface area contributed by atoms with Gasteiger partial charge in [0.25, 0.3) is 0 Å². The van der Waals surface area contributed by atoms with Crippen LogP contribution in [-0.4, -0.2) is 24.7 Å². The summed E-state index contributed by atoms with van der Waals surface area (Å²) in [7, 11) is 1.90. The van der Waals surface area contributed by atoms with E-state index < -0.39 is 5.97 Å². The maximum atomic E-state index is 10.6. The van der Waals surface area contributed by atoms with Crippen LogP contribution in [0.1, 0.15) is 6.92 Å². The summed E-state index contributed by atoms with van der Waals surface area (Å²) in [5.41, 5.74) is 0. The van der Waals surface area contributed by atoms with Gasteiger partial charge in [0.2, 0.25) is 0 Å². The van der Waals surface area contributed by atoms with Crippen LogP contribution in [0.5, 0.6) is 0 Å². The minimum absolute atomic E-state index is 0.346. The van der Waals surface area contributed by atoms with Crippen molar-refractivity contribution in [3.63, 3.8) is 0 Å². The first-order chi connectivity index (χ1) is 6.50. The monoisotopic (exact) mass is 277 g/mol. The summed E-state index contributed by atoms with van der Waals surface area (Å²) in [4.78, 5) is 12.6. The Kier molecular flexibility index (Phi) is 3.95. The second-order valence-corrected chi connectivity index (χ2v) is 5.03. The minimum atomic E-state index is -0.757. The predicted octanol–water partition coefficient (Wildman–Crippen LogP) is 2.67. The summed E-state index contributed by atoms with van der Waals surface area (Å²) in [5, 5.41) is 11.8. The summed E-state index contributed by atoms with van der Waals surface area (Å²) in [5.74, 6) is -1.10. The molecule has 0 aliphatic rings. The molecule has 78 valence electrons. The summed E-state index contributed by atoms with van der Waals surface area (Å²) in [6, 6.07) is 1.99. The van der Waals surface area contributed by atoms with Crippen LogP contribution in [0.2, 0.25) is 0 Å². The molecule has 0 saturated heterocycles. The Hall–Kier alpha value is -0.550. The highest BCUT2D eigenvalue weighted by Gasteiger charge is 2.14. The van der Waals surface area contributed by atoms with Gasteiger partial charge in [-0.2, -0.15) is 0 Å². The highest BCUT2D eigenvalue weighted by molar-refractivity contribution is 9.10. The van der Waals surface area contributed by atoms with Crippen LogP contribution in [0.3, 0.4) is 0 Å². The number of rotatable bonds is 4. The first-order valence-electron chi connectivity index (χ1n) is 4.18. The van der Waals surface area contributed by atoms with Gasteiger partial charge in [0.15, 0.2) is 0 Å². The first-order valence-corrected chi connectivity index (χ1v) is 5.86. The van der Waals surface area contributed by atoms with Gasteiger partial charge in [-0.05, 0) is 22.0 Å². The molecule has 0 bridgehead atoms. The van der Waals surface area contributed by atoms with E-state index in [4.69, 9.17) is 5.11 Å². The van der Waals surface area contributed by atoms with Crippen molar-refractivity contribution in [1.29, 1.82) is 0 Å². The molecular formula is C9H12BrNO2S. The average Bonchev–Trinajstić information content (AvgIpc) is 2.51. The molecule has 0 spiro atoms. The third-order valence-corrected chi connectivity index (χ3v) is 3.70. The van der Waals surface area contributed by atoms with Crippen molar-refractivity contribution in [3.8, 4) is 0 Å². The Balaban J connectivity index is 2.58. The van der Waals surface area contributed by atoms with E-state index in [1.54, 1.807) is 18.3 Å². The molecule has 14 heavy (non-hydrogen) atoms. The van der Waals surface area contributed by atoms with Crippen molar-refractivity contribution in [2.24, 2.45) is 5.92 Å². The summed E-state index contributed by atoms with van der Waals surface area (Å²) in [6.45, 7) is 2.24. The lowest BCUT2D eigenvalue weighted by molar-refractivity contribution is -0.140. The Bertz CT molecular complexity index is 326. The lowest BCUT2D eigenvalue weighted by Crippen LogP contribution is -2.27. The number of carboxylic acids is 1. The quantitative estimate of drug-likeness (QED) is 0.920. The molecule has 0 radical (unpaired) electrons. The van der Waals surface area contributed by atoms with Crippen LogP contribution >= 0.6 is 27.3 Å². The fourth-order valence-corrected chi connectivity index (χ4v) is 2.48. The van der Waals surface area contributed by atoms with Crippen LogP contribution in [0.15, 0.2) is 15.9 Å². The van der Waals surface area contributed by atoms with Gasteiger partial charge in [-0.1, -0.05) is 6.92 Å². The lowest BCUT2D eigenvalue weighted by atomic mass is 10.2. The molecule has 0 fully saturated rings. The predicted molar refractivity (Wildman–Crippen MR) is 62.1 cm³/mol. The molecule has 0 aromatic carbocycles. The van der Waals surface area contributed by atoms with Crippen molar-refractivity contribution in [1.82, 2.24) is 0 Å². The lowest BCUT2D eigenvalue weighted by Gasteiger charge is -2.19. The molecule has 1 atom stereocenters. The number of halogens is 1. The molecule has 0 aliphatic carbocycles. The average molecular weight is 278 g/mol. The van der Waals surface area contributed by atoms with Crippen LogP contribution in [0, 0.1) is 5.92 Å². The Morgan fingerprint density at radius 3 is 2.86 bits per heavy atom. The van der Waals surface area contributed by atoms with Crippen LogP contribution < -0.4 is 4.90 Å². The molecule has 0 saturated carbocycles. The van der Waals surface area contributed by atoms with E-state index in [2.05, 4.69) is 15.9 Å². The Labute approximate surface area is 95.5 Å². The fourth-order valence-electron chi connectivity index (χ4n) is 1.08. The molecule has 5 heteroatoms. The molecule has 1 aromatic rings. The maximum Gasteiger partial charge on any atom is 0.308 e. The van der Waals surface area contributed by atoms with Gasteiger partial charge in [-0.3, -0.25) is 4.79 Å². The zero-order valence-corrected chi connectivity index (χ0v) is 10.4. The van der Waals surface area contributed by atoms with E-state index in [1.807, 2.05) is 23.4 Å². The van der Waals surface area contributed by atoms with Gasteiger partial charge in [0.1, 0.15) is 0 Å². The number of thiophene rings is 1. The molecule has 1 N–H and O–H groups in total. The van der Waals surface area contributed by atoms with Crippen LogP contribution in [0.25, 0.3) is 0 Å². The van der Waals surface area contributed by atoms with E-state index in [0.717, 1.165) is 9.47 Å². The smallest absolute Gasteiger partial charge is 0.308 e. The highest BCUT2D eigenvalue weighted by atomic mass is 79.9. The van der Waals surface area contributed by atoms with Crippen molar-refractivity contribution in [2.45, 2.75) is 6.92 Å². The molecule has 1 rings (SSSR count). The highest BCUT2D eigenvalue weighted by Crippen LogP contribution is 2.27. The number of carbonyl (C=O) groups is 1. The second-order valence-electron chi connectivity index (χ2n) is 3.22. The molecule has 0 aliphatic heterocycles. The molecule has 3 nitrogen and oxygen atoms in total. The van der Waals surface area contributed by atoms with Crippen molar-refractivity contribution >= 4 is 38.2 Å². The Morgan fingerprint density at radius 2 is 2.43 bits per heavy atom. The standard InChI is InChI=1S/C9H12BrNO2S/c1-6(9(12)13)4-11(2)8-3-7(10)5-14-8/h3,5-6H,4H2,1-2H3,(H,12,13). The summed E-state index contributed by atoms with van der Waals surface area (Å²) >= 11 is 4.96. The largest absolute Gasteiger partial charge is 0.481 e. The fraction of sp³-hybridized carbons (Fsp3) is 0.444. The van der Waals surface area contributed by atoms with E-state index in [0.29, 0.717) is 6.54 Å². The van der Waals surface area contributed by atoms with E-state index in [1.165, 1.54) is 0 Å². The molecule has 1 unspecified atom stereocenters. The maximum absolute atomic E-state index is 10.6. The molecular weight excluding hydrogens is 266 g/mol. The minimum Gasteiger partial charge on any atom is -0.481 e. The SMILES string of the molecule is CC(CN(C)c1cc(Br)cs1)C(=O)O. The van der Waals surface area contributed by atoms with E-state index in [-0.39, 0.29) is 5.92 Å². The zero-order valence-electron chi connectivity index (χ0n) is 8.03. The van der Waals surface area contributed by atoms with Crippen LogP contribution in [-0.2, 0) is 4.79 Å². The second kappa shape index (κ2) is 4.79. The van der Waals surface area contributed by atoms with Gasteiger partial charge in [-0.25, -0.2) is 0 Å². The summed E-state index contributed by atoms with van der Waals surface area (Å²) in [6.07, 6.45) is 0. The van der Waals surface area contributed by atoms with Gasteiger partial charge in [0, 0.05) is 23.4 Å². The third-order valence-electron chi connectivity index (χ3n) is 1.90. The van der Waals surface area contributed by atoms with Crippen molar-refractivity contribution in [2.75, 3.05) is 18.5 Å². The summed E-state index contributed by atoms with van der Waals surface area (Å²) < 4.78 is 1.03. The Morgan fingerprint density at radius 1 is 1.79 bits per heavy atom. The van der Waals surface area contributed by atoms with Gasteiger partial charge < -0.3 is 10.0 Å². The normalized spacial score (nSPS) is 12.5. The van der Waals surface area contributed by atoms with Gasteiger partial charge in [0.05, 0.1) is 10.9 Å². The number of nitrogens with zero attached hydrogens (tertiary/aromatic N) is 1. The van der Waals surface area contributed by atoms with E-state index >= 15 is 0 Å². The van der Waals surface area contributed by atoms with Crippen LogP contribution in [0.4, 0.5) is 5.00 Å². The number of hydrogen-bond acceptors (Lipinski definition) is 3. The number of carboxylic acid groups (broad SMARTS) is 1. The van der Waals surface area contributed by atoms with Crippen molar-refractivity contribution < 1.29 is 9.90 Å². The molecule has 1 aromatic heterocycles. The number of anilines is 1. The van der Waals surface area contributed by atoms with Gasteiger partial charge in [-0.15, -0.1) is 11.3 Å². The topological polar surface area (TPSA) is 40.5 Å². The zero-order chi connectivity index (χ0) is 10.7.